The van der Waals surface area contributed by atoms with Gasteiger partial charge in [-0.15, -0.1) is 0 Å². The summed E-state index contributed by atoms with van der Waals surface area (Å²) in [6.07, 6.45) is 0.343. The smallest absolute Gasteiger partial charge is 0.325 e. The molecule has 2 rings (SSSR count). The average Bonchev–Trinajstić information content (AvgIpc) is 2.60. The standard InChI is InChI=1S/C19H21NO3/c1-15(17-10-6-3-7-11-17)12-18(21)20-13-19(22)23-14-16-8-4-2-5-9-16/h2-11,15H,12-14H2,1H3,(H,20,21)/t15-/m0/s1. The Kier molecular flexibility index (Phi) is 6.36. The predicted molar refractivity (Wildman–Crippen MR) is 88.7 cm³/mol. The Labute approximate surface area is 136 Å². The summed E-state index contributed by atoms with van der Waals surface area (Å²) in [5.74, 6) is -0.482. The molecule has 0 radical (unpaired) electrons. The Morgan fingerprint density at radius 2 is 1.61 bits per heavy atom. The van der Waals surface area contributed by atoms with E-state index in [0.717, 1.165) is 11.1 Å². The summed E-state index contributed by atoms with van der Waals surface area (Å²) >= 11 is 0. The number of hydrogen-bond donors (Lipinski definition) is 1. The van der Waals surface area contributed by atoms with Crippen LogP contribution in [0.15, 0.2) is 60.7 Å². The maximum absolute atomic E-state index is 11.9. The molecule has 120 valence electrons. The van der Waals surface area contributed by atoms with Crippen molar-refractivity contribution in [2.24, 2.45) is 0 Å². The molecule has 1 N–H and O–H groups in total. The molecule has 0 aliphatic carbocycles. The quantitative estimate of drug-likeness (QED) is 0.800. The van der Waals surface area contributed by atoms with Gasteiger partial charge in [-0.3, -0.25) is 9.59 Å². The van der Waals surface area contributed by atoms with Gasteiger partial charge in [0.1, 0.15) is 13.2 Å². The third-order valence-electron chi connectivity index (χ3n) is 3.53. The second kappa shape index (κ2) is 8.73. The fourth-order valence-corrected chi connectivity index (χ4v) is 2.21. The molecule has 0 heterocycles. The first-order valence-electron chi connectivity index (χ1n) is 7.66. The molecule has 0 aliphatic rings. The van der Waals surface area contributed by atoms with Gasteiger partial charge < -0.3 is 10.1 Å². The highest BCUT2D eigenvalue weighted by Crippen LogP contribution is 2.17. The SMILES string of the molecule is C[C@@H](CC(=O)NCC(=O)OCc1ccccc1)c1ccccc1. The lowest BCUT2D eigenvalue weighted by molar-refractivity contribution is -0.145. The minimum atomic E-state index is -0.436. The van der Waals surface area contributed by atoms with Crippen LogP contribution in [-0.4, -0.2) is 18.4 Å². The number of amides is 1. The minimum Gasteiger partial charge on any atom is -0.460 e. The first kappa shape index (κ1) is 16.7. The Morgan fingerprint density at radius 3 is 2.26 bits per heavy atom. The van der Waals surface area contributed by atoms with Crippen LogP contribution in [0.25, 0.3) is 0 Å². The van der Waals surface area contributed by atoms with Crippen LogP contribution in [0.2, 0.25) is 0 Å². The molecule has 23 heavy (non-hydrogen) atoms. The van der Waals surface area contributed by atoms with E-state index in [2.05, 4.69) is 5.32 Å². The van der Waals surface area contributed by atoms with E-state index in [0.29, 0.717) is 6.42 Å². The molecule has 0 aromatic heterocycles. The Bertz CT molecular complexity index is 626. The summed E-state index contributed by atoms with van der Waals surface area (Å²) in [6.45, 7) is 2.10. The van der Waals surface area contributed by atoms with Crippen LogP contribution in [0.3, 0.4) is 0 Å². The van der Waals surface area contributed by atoms with Gasteiger partial charge in [0.05, 0.1) is 0 Å². The van der Waals surface area contributed by atoms with Gasteiger partial charge in [-0.2, -0.15) is 0 Å². The molecule has 4 nitrogen and oxygen atoms in total. The molecular formula is C19H21NO3. The topological polar surface area (TPSA) is 55.4 Å². The van der Waals surface area contributed by atoms with Crippen LogP contribution in [0.4, 0.5) is 0 Å². The Balaban J connectivity index is 1.68. The van der Waals surface area contributed by atoms with Gasteiger partial charge in [0.15, 0.2) is 0 Å². The molecule has 1 atom stereocenters. The average molecular weight is 311 g/mol. The summed E-state index contributed by atoms with van der Waals surface area (Å²) in [6, 6.07) is 19.3. The molecule has 2 aromatic rings. The van der Waals surface area contributed by atoms with Crippen LogP contribution < -0.4 is 5.32 Å². The van der Waals surface area contributed by atoms with Gasteiger partial charge in [0, 0.05) is 6.42 Å². The molecule has 0 aliphatic heterocycles. The molecule has 0 saturated heterocycles. The van der Waals surface area contributed by atoms with Gasteiger partial charge in [-0.25, -0.2) is 0 Å². The Morgan fingerprint density at radius 1 is 1.00 bits per heavy atom. The summed E-state index contributed by atoms with van der Waals surface area (Å²) in [5.41, 5.74) is 2.03. The van der Waals surface area contributed by atoms with Crippen LogP contribution in [0.5, 0.6) is 0 Å². The zero-order valence-corrected chi connectivity index (χ0v) is 13.2. The molecule has 0 unspecified atom stereocenters. The largest absolute Gasteiger partial charge is 0.460 e. The van der Waals surface area contributed by atoms with Gasteiger partial charge in [0.2, 0.25) is 5.91 Å². The first-order chi connectivity index (χ1) is 11.1. The van der Waals surface area contributed by atoms with E-state index in [9.17, 15) is 9.59 Å². The van der Waals surface area contributed by atoms with E-state index >= 15 is 0 Å². The summed E-state index contributed by atoms with van der Waals surface area (Å²) in [7, 11) is 0. The second-order valence-electron chi connectivity index (χ2n) is 5.44. The number of nitrogens with one attached hydrogen (secondary N) is 1. The molecule has 4 heteroatoms. The normalized spacial score (nSPS) is 11.5. The number of esters is 1. The third kappa shape index (κ3) is 5.94. The number of carbonyl (C=O) groups excluding carboxylic acids is 2. The van der Waals surface area contributed by atoms with Crippen molar-refractivity contribution in [3.05, 3.63) is 71.8 Å². The van der Waals surface area contributed by atoms with E-state index in [1.807, 2.05) is 67.6 Å². The molecule has 0 bridgehead atoms. The molecular weight excluding hydrogens is 290 g/mol. The number of rotatable bonds is 7. The fourth-order valence-electron chi connectivity index (χ4n) is 2.21. The number of benzene rings is 2. The molecule has 2 aromatic carbocycles. The molecule has 0 fully saturated rings. The van der Waals surface area contributed by atoms with Gasteiger partial charge in [0.25, 0.3) is 0 Å². The minimum absolute atomic E-state index is 0.104. The van der Waals surface area contributed by atoms with Gasteiger partial charge >= 0.3 is 5.97 Å². The summed E-state index contributed by atoms with van der Waals surface area (Å²) in [5, 5.41) is 2.61. The van der Waals surface area contributed by atoms with Crippen molar-refractivity contribution >= 4 is 11.9 Å². The second-order valence-corrected chi connectivity index (χ2v) is 5.44. The van der Waals surface area contributed by atoms with E-state index < -0.39 is 5.97 Å². The summed E-state index contributed by atoms with van der Waals surface area (Å²) in [4.78, 5) is 23.5. The van der Waals surface area contributed by atoms with Crippen LogP contribution in [0.1, 0.15) is 30.4 Å². The maximum Gasteiger partial charge on any atom is 0.325 e. The monoisotopic (exact) mass is 311 g/mol. The number of carbonyl (C=O) groups is 2. The van der Waals surface area contributed by atoms with Crippen molar-refractivity contribution in [3.8, 4) is 0 Å². The van der Waals surface area contributed by atoms with Crippen molar-refractivity contribution in [1.82, 2.24) is 5.32 Å². The van der Waals surface area contributed by atoms with E-state index in [1.165, 1.54) is 0 Å². The van der Waals surface area contributed by atoms with E-state index in [1.54, 1.807) is 0 Å². The van der Waals surface area contributed by atoms with Crippen LogP contribution in [0, 0.1) is 0 Å². The predicted octanol–water partition coefficient (Wildman–Crippen LogP) is 3.04. The van der Waals surface area contributed by atoms with Crippen molar-refractivity contribution < 1.29 is 14.3 Å². The number of hydrogen-bond acceptors (Lipinski definition) is 3. The lowest BCUT2D eigenvalue weighted by atomic mass is 9.98. The third-order valence-corrected chi connectivity index (χ3v) is 3.53. The van der Waals surface area contributed by atoms with Crippen molar-refractivity contribution in [3.63, 3.8) is 0 Å². The van der Waals surface area contributed by atoms with Gasteiger partial charge in [-0.05, 0) is 17.0 Å². The first-order valence-corrected chi connectivity index (χ1v) is 7.66. The lowest BCUT2D eigenvalue weighted by Gasteiger charge is -2.12. The molecule has 0 spiro atoms. The van der Waals surface area contributed by atoms with E-state index in [-0.39, 0.29) is 25.0 Å². The lowest BCUT2D eigenvalue weighted by Crippen LogP contribution is -2.31. The number of ether oxygens (including phenoxy) is 1. The highest BCUT2D eigenvalue weighted by atomic mass is 16.5. The fraction of sp³-hybridized carbons (Fsp3) is 0.263. The van der Waals surface area contributed by atoms with Crippen molar-refractivity contribution in [2.75, 3.05) is 6.54 Å². The highest BCUT2D eigenvalue weighted by Gasteiger charge is 2.12. The zero-order chi connectivity index (χ0) is 16.5. The van der Waals surface area contributed by atoms with Crippen molar-refractivity contribution in [1.29, 1.82) is 0 Å². The Hall–Kier alpha value is -2.62. The summed E-state index contributed by atoms with van der Waals surface area (Å²) < 4.78 is 5.11. The molecule has 0 saturated carbocycles. The highest BCUT2D eigenvalue weighted by molar-refractivity contribution is 5.82. The van der Waals surface area contributed by atoms with Crippen LogP contribution >= 0.6 is 0 Å². The zero-order valence-electron chi connectivity index (χ0n) is 13.2. The van der Waals surface area contributed by atoms with Gasteiger partial charge in [-0.1, -0.05) is 67.6 Å². The molecule has 1 amide bonds. The maximum atomic E-state index is 11.9. The van der Waals surface area contributed by atoms with Crippen LogP contribution in [-0.2, 0) is 20.9 Å². The van der Waals surface area contributed by atoms with E-state index in [4.69, 9.17) is 4.74 Å². The van der Waals surface area contributed by atoms with Crippen molar-refractivity contribution in [2.45, 2.75) is 25.9 Å².